The first kappa shape index (κ1) is 15.0. The van der Waals surface area contributed by atoms with Crippen molar-refractivity contribution < 1.29 is 4.74 Å². The minimum Gasteiger partial charge on any atom is -0.379 e. The van der Waals surface area contributed by atoms with E-state index in [-0.39, 0.29) is 5.60 Å². The van der Waals surface area contributed by atoms with Crippen LogP contribution in [0.25, 0.3) is 0 Å². The molecule has 1 saturated carbocycles. The highest BCUT2D eigenvalue weighted by atomic mass is 16.5. The molecule has 1 rings (SSSR count). The Hall–Kier alpha value is -0.0800. The minimum atomic E-state index is 0.0465. The normalized spacial score (nSPS) is 30.5. The minimum absolute atomic E-state index is 0.0465. The summed E-state index contributed by atoms with van der Waals surface area (Å²) in [7, 11) is 3.91. The van der Waals surface area contributed by atoms with E-state index in [0.29, 0.717) is 0 Å². The maximum Gasteiger partial charge on any atom is 0.0622 e. The van der Waals surface area contributed by atoms with Gasteiger partial charge in [0.25, 0.3) is 0 Å². The van der Waals surface area contributed by atoms with Gasteiger partial charge in [0.2, 0.25) is 0 Å². The highest BCUT2D eigenvalue weighted by molar-refractivity contribution is 4.82. The molecule has 1 aliphatic rings. The van der Waals surface area contributed by atoms with E-state index in [1.807, 2.05) is 7.11 Å². The lowest BCUT2D eigenvalue weighted by molar-refractivity contribution is 0.00488. The number of nitrogens with one attached hydrogen (secondary N) is 1. The summed E-state index contributed by atoms with van der Waals surface area (Å²) < 4.78 is 5.54. The van der Waals surface area contributed by atoms with E-state index in [2.05, 4.69) is 33.1 Å². The summed E-state index contributed by atoms with van der Waals surface area (Å²) in [6, 6.07) is 0. The number of hydrogen-bond acceptors (Lipinski definition) is 2. The van der Waals surface area contributed by atoms with Gasteiger partial charge in [-0.1, -0.05) is 13.3 Å². The third-order valence-corrected chi connectivity index (χ3v) is 4.54. The summed E-state index contributed by atoms with van der Waals surface area (Å²) in [4.78, 5) is 0. The van der Waals surface area contributed by atoms with Crippen molar-refractivity contribution in [3.63, 3.8) is 0 Å². The third-order valence-electron chi connectivity index (χ3n) is 4.54. The topological polar surface area (TPSA) is 21.3 Å². The summed E-state index contributed by atoms with van der Waals surface area (Å²) in [6.45, 7) is 7.99. The predicted molar refractivity (Wildman–Crippen MR) is 74.2 cm³/mol. The van der Waals surface area contributed by atoms with Crippen LogP contribution in [0.5, 0.6) is 0 Å². The summed E-state index contributed by atoms with van der Waals surface area (Å²) in [5, 5.41) is 3.36. The second kappa shape index (κ2) is 6.75. The molecular weight excluding hydrogens is 210 g/mol. The van der Waals surface area contributed by atoms with Crippen molar-refractivity contribution in [2.24, 2.45) is 17.8 Å². The number of rotatable bonds is 6. The molecular formula is C15H31NO. The highest BCUT2D eigenvalue weighted by Crippen LogP contribution is 2.37. The van der Waals surface area contributed by atoms with Crippen molar-refractivity contribution in [3.05, 3.63) is 0 Å². The van der Waals surface area contributed by atoms with Crippen LogP contribution in [0.1, 0.15) is 52.9 Å². The van der Waals surface area contributed by atoms with Crippen LogP contribution in [-0.2, 0) is 4.74 Å². The Morgan fingerprint density at radius 1 is 1.24 bits per heavy atom. The van der Waals surface area contributed by atoms with Gasteiger partial charge in [-0.15, -0.1) is 0 Å². The van der Waals surface area contributed by atoms with Crippen molar-refractivity contribution in [1.29, 1.82) is 0 Å². The Kier molecular flexibility index (Phi) is 5.94. The summed E-state index contributed by atoms with van der Waals surface area (Å²) in [5.41, 5.74) is 0.0465. The molecule has 0 amide bonds. The van der Waals surface area contributed by atoms with Crippen molar-refractivity contribution >= 4 is 0 Å². The van der Waals surface area contributed by atoms with E-state index >= 15 is 0 Å². The average Bonchev–Trinajstić information content (AvgIpc) is 2.30. The van der Waals surface area contributed by atoms with Gasteiger partial charge in [0.1, 0.15) is 0 Å². The van der Waals surface area contributed by atoms with Crippen LogP contribution >= 0.6 is 0 Å². The van der Waals surface area contributed by atoms with Crippen LogP contribution in [0.3, 0.4) is 0 Å². The lowest BCUT2D eigenvalue weighted by Crippen LogP contribution is -2.33. The lowest BCUT2D eigenvalue weighted by Gasteiger charge is -2.36. The molecule has 1 fully saturated rings. The molecule has 0 aromatic carbocycles. The molecule has 0 aromatic heterocycles. The first-order valence-corrected chi connectivity index (χ1v) is 7.18. The summed E-state index contributed by atoms with van der Waals surface area (Å²) in [5.74, 6) is 2.68. The smallest absolute Gasteiger partial charge is 0.0622 e. The van der Waals surface area contributed by atoms with Gasteiger partial charge in [-0.3, -0.25) is 0 Å². The average molecular weight is 241 g/mol. The molecule has 3 unspecified atom stereocenters. The second-order valence-corrected chi connectivity index (χ2v) is 6.50. The van der Waals surface area contributed by atoms with E-state index in [1.54, 1.807) is 0 Å². The standard InChI is InChI=1S/C15H31NO/c1-12-6-7-14(11-16-4)13(10-12)8-9-15(2,3)17-5/h12-14,16H,6-11H2,1-5H3. The molecule has 17 heavy (non-hydrogen) atoms. The van der Waals surface area contributed by atoms with Gasteiger partial charge >= 0.3 is 0 Å². The van der Waals surface area contributed by atoms with Gasteiger partial charge in [-0.2, -0.15) is 0 Å². The maximum absolute atomic E-state index is 5.54. The van der Waals surface area contributed by atoms with Gasteiger partial charge in [-0.25, -0.2) is 0 Å². The molecule has 0 heterocycles. The van der Waals surface area contributed by atoms with Gasteiger partial charge in [0, 0.05) is 7.11 Å². The third kappa shape index (κ3) is 4.97. The molecule has 0 radical (unpaired) electrons. The van der Waals surface area contributed by atoms with Crippen LogP contribution in [0, 0.1) is 17.8 Å². The zero-order valence-electron chi connectivity index (χ0n) is 12.4. The Labute approximate surface area is 108 Å². The highest BCUT2D eigenvalue weighted by Gasteiger charge is 2.29. The first-order valence-electron chi connectivity index (χ1n) is 7.18. The Balaban J connectivity index is 2.46. The molecule has 3 atom stereocenters. The largest absolute Gasteiger partial charge is 0.379 e. The van der Waals surface area contributed by atoms with Gasteiger partial charge in [0.15, 0.2) is 0 Å². The Bertz CT molecular complexity index is 215. The fourth-order valence-electron chi connectivity index (χ4n) is 3.08. The van der Waals surface area contributed by atoms with E-state index in [1.165, 1.54) is 38.6 Å². The zero-order valence-corrected chi connectivity index (χ0v) is 12.4. The van der Waals surface area contributed by atoms with E-state index < -0.39 is 0 Å². The van der Waals surface area contributed by atoms with E-state index in [4.69, 9.17) is 4.74 Å². The summed E-state index contributed by atoms with van der Waals surface area (Å²) >= 11 is 0. The maximum atomic E-state index is 5.54. The number of hydrogen-bond donors (Lipinski definition) is 1. The van der Waals surface area contributed by atoms with Crippen LogP contribution in [0.2, 0.25) is 0 Å². The molecule has 102 valence electrons. The van der Waals surface area contributed by atoms with Crippen molar-refractivity contribution in [3.8, 4) is 0 Å². The number of methoxy groups -OCH3 is 1. The molecule has 2 nitrogen and oxygen atoms in total. The summed E-state index contributed by atoms with van der Waals surface area (Å²) in [6.07, 6.45) is 6.72. The van der Waals surface area contributed by atoms with E-state index in [9.17, 15) is 0 Å². The molecule has 1 aliphatic carbocycles. The monoisotopic (exact) mass is 241 g/mol. The van der Waals surface area contributed by atoms with Gasteiger partial charge < -0.3 is 10.1 Å². The molecule has 0 spiro atoms. The van der Waals surface area contributed by atoms with Crippen molar-refractivity contribution in [2.45, 2.75) is 58.5 Å². The first-order chi connectivity index (χ1) is 7.98. The van der Waals surface area contributed by atoms with Crippen molar-refractivity contribution in [2.75, 3.05) is 20.7 Å². The molecule has 2 heteroatoms. The fourth-order valence-corrected chi connectivity index (χ4v) is 3.08. The molecule has 0 aliphatic heterocycles. The fraction of sp³-hybridized carbons (Fsp3) is 1.00. The number of ether oxygens (including phenoxy) is 1. The molecule has 0 bridgehead atoms. The zero-order chi connectivity index (χ0) is 12.9. The van der Waals surface area contributed by atoms with E-state index in [0.717, 1.165) is 17.8 Å². The second-order valence-electron chi connectivity index (χ2n) is 6.50. The molecule has 1 N–H and O–H groups in total. The van der Waals surface area contributed by atoms with Crippen LogP contribution in [0.4, 0.5) is 0 Å². The predicted octanol–water partition coefficient (Wildman–Crippen LogP) is 3.46. The van der Waals surface area contributed by atoms with Crippen LogP contribution in [0.15, 0.2) is 0 Å². The quantitative estimate of drug-likeness (QED) is 0.769. The lowest BCUT2D eigenvalue weighted by atomic mass is 9.72. The molecule has 0 aromatic rings. The van der Waals surface area contributed by atoms with Crippen LogP contribution in [-0.4, -0.2) is 26.3 Å². The Morgan fingerprint density at radius 2 is 1.94 bits per heavy atom. The van der Waals surface area contributed by atoms with Gasteiger partial charge in [-0.05, 0) is 70.9 Å². The van der Waals surface area contributed by atoms with Gasteiger partial charge in [0.05, 0.1) is 5.60 Å². The SMILES string of the molecule is CNCC1CCC(C)CC1CCC(C)(C)OC. The van der Waals surface area contributed by atoms with Crippen molar-refractivity contribution in [1.82, 2.24) is 5.32 Å². The molecule has 0 saturated heterocycles. The van der Waals surface area contributed by atoms with Crippen LogP contribution < -0.4 is 5.32 Å². The Morgan fingerprint density at radius 3 is 2.53 bits per heavy atom.